The van der Waals surface area contributed by atoms with Crippen LogP contribution in [0.2, 0.25) is 0 Å². The van der Waals surface area contributed by atoms with Crippen LogP contribution >= 0.6 is 0 Å². The van der Waals surface area contributed by atoms with E-state index in [0.717, 1.165) is 0 Å². The van der Waals surface area contributed by atoms with Crippen molar-refractivity contribution in [3.8, 4) is 0 Å². The zero-order chi connectivity index (χ0) is 23.7. The van der Waals surface area contributed by atoms with Gasteiger partial charge in [-0.15, -0.1) is 0 Å². The minimum absolute atomic E-state index is 0.175. The van der Waals surface area contributed by atoms with E-state index in [1.165, 1.54) is 39.0 Å². The van der Waals surface area contributed by atoms with Crippen LogP contribution in [0.1, 0.15) is 41.5 Å². The molecule has 0 aromatic carbocycles. The Morgan fingerprint density at radius 1 is 0.690 bits per heavy atom. The first-order chi connectivity index (χ1) is 12.5. The van der Waals surface area contributed by atoms with Crippen LogP contribution in [0.3, 0.4) is 0 Å². The minimum atomic E-state index is -11.1. The summed E-state index contributed by atoms with van der Waals surface area (Å²) in [7, 11) is -2.34. The summed E-state index contributed by atoms with van der Waals surface area (Å²) in [4.78, 5) is 33.1. The standard InChI is InChI=1S/C15H21O6Si.AsF6/c1-10(16)7-13(4)19-22(20-14(5)8-11(2)17)21-15(6)9-12(3)18;2-1(3,4,5,6)7/h7-9H,1-6H3;/q+1;-1. The second kappa shape index (κ2) is 10.1. The van der Waals surface area contributed by atoms with Gasteiger partial charge in [0.15, 0.2) is 34.6 Å². The molecule has 0 unspecified atom stereocenters. The quantitative estimate of drug-likeness (QED) is 0.156. The van der Waals surface area contributed by atoms with Crippen molar-refractivity contribution in [1.82, 2.24) is 0 Å². The van der Waals surface area contributed by atoms with Crippen LogP contribution in [0.5, 0.6) is 0 Å². The molecule has 0 aromatic rings. The maximum absolute atomic E-state index is 11.1. The molecule has 29 heavy (non-hydrogen) atoms. The second-order valence-electron chi connectivity index (χ2n) is 5.61. The zero-order valence-corrected chi connectivity index (χ0v) is 19.3. The number of rotatable bonds is 8. The molecular formula is C15H21AsF6O6Si. The van der Waals surface area contributed by atoms with Crippen molar-refractivity contribution < 1.29 is 48.1 Å². The normalized spacial score (nSPS) is 15.1. The number of hydrogen-bond acceptors (Lipinski definition) is 5. The molecule has 0 atom stereocenters. The van der Waals surface area contributed by atoms with Crippen LogP contribution in [0.15, 0.2) is 35.5 Å². The molecule has 0 amide bonds. The molecular weight excluding hydrogens is 493 g/mol. The molecule has 0 heterocycles. The first-order valence-corrected chi connectivity index (χ1v) is 13.1. The fraction of sp³-hybridized carbons (Fsp3) is 0.400. The molecule has 0 N–H and O–H groups in total. The second-order valence-corrected chi connectivity index (χ2v) is 10.7. The van der Waals surface area contributed by atoms with Crippen LogP contribution in [0.25, 0.3) is 0 Å². The summed E-state index contributed by atoms with van der Waals surface area (Å²) >= 11 is -11.1. The van der Waals surface area contributed by atoms with E-state index in [1.807, 2.05) is 0 Å². The van der Waals surface area contributed by atoms with Gasteiger partial charge in [0.25, 0.3) is 0 Å². The Balaban J connectivity index is 0. The van der Waals surface area contributed by atoms with Gasteiger partial charge >= 0.3 is 44.1 Å². The number of allylic oxidation sites excluding steroid dienone is 6. The predicted molar refractivity (Wildman–Crippen MR) is 94.3 cm³/mol. The van der Waals surface area contributed by atoms with E-state index in [4.69, 9.17) is 12.9 Å². The summed E-state index contributed by atoms with van der Waals surface area (Å²) < 4.78 is 75.8. The SMILES string of the molecule is CC(=O)C=C(C)O[Si](OC(C)=CC(C)=O)=[O+]C(C)=CC(C)=O.F[As-](F)(F)(F)(F)F. The molecule has 0 aromatic heterocycles. The van der Waals surface area contributed by atoms with Crippen LogP contribution in [-0.4, -0.2) is 40.7 Å². The maximum atomic E-state index is 11.0. The van der Waals surface area contributed by atoms with Crippen LogP contribution in [-0.2, 0) is 27.3 Å². The van der Waals surface area contributed by atoms with Gasteiger partial charge in [-0.3, -0.25) is 14.4 Å². The fourth-order valence-electron chi connectivity index (χ4n) is 1.40. The summed E-state index contributed by atoms with van der Waals surface area (Å²) in [6.07, 6.45) is 3.89. The van der Waals surface area contributed by atoms with E-state index in [-0.39, 0.29) is 17.3 Å². The molecule has 6 nitrogen and oxygen atoms in total. The van der Waals surface area contributed by atoms with Crippen molar-refractivity contribution in [1.29, 1.82) is 0 Å². The van der Waals surface area contributed by atoms with Gasteiger partial charge in [0.2, 0.25) is 0 Å². The Kier molecular flexibility index (Phi) is 10.2. The van der Waals surface area contributed by atoms with Crippen molar-refractivity contribution in [3.63, 3.8) is 0 Å². The van der Waals surface area contributed by atoms with Crippen molar-refractivity contribution >= 4 is 40.7 Å². The Morgan fingerprint density at radius 2 is 0.966 bits per heavy atom. The average Bonchev–Trinajstić information content (AvgIpc) is 2.30. The molecule has 0 saturated carbocycles. The van der Waals surface area contributed by atoms with Gasteiger partial charge in [-0.25, -0.2) is 0 Å². The van der Waals surface area contributed by atoms with Gasteiger partial charge in [0.05, 0.1) is 0 Å². The molecule has 0 bridgehead atoms. The number of hydrogen-bond donors (Lipinski definition) is 0. The molecule has 0 radical (unpaired) electrons. The molecule has 0 aliphatic rings. The van der Waals surface area contributed by atoms with Gasteiger partial charge in [-0.1, -0.05) is 0 Å². The molecule has 0 spiro atoms. The monoisotopic (exact) mass is 514 g/mol. The van der Waals surface area contributed by atoms with Gasteiger partial charge < -0.3 is 12.9 Å². The molecule has 0 rings (SSSR count). The van der Waals surface area contributed by atoms with Gasteiger partial charge in [-0.2, -0.15) is 0 Å². The van der Waals surface area contributed by atoms with E-state index in [2.05, 4.69) is 0 Å². The van der Waals surface area contributed by atoms with Crippen molar-refractivity contribution in [2.45, 2.75) is 41.5 Å². The van der Waals surface area contributed by atoms with Crippen molar-refractivity contribution in [2.24, 2.45) is 0 Å². The molecule has 14 heteroatoms. The van der Waals surface area contributed by atoms with Gasteiger partial charge in [0.1, 0.15) is 0 Å². The number of carbonyl (C=O) groups is 3. The summed E-state index contributed by atoms with van der Waals surface area (Å²) in [5, 5.41) is 0. The van der Waals surface area contributed by atoms with E-state index in [9.17, 15) is 35.2 Å². The number of halogens is 6. The third kappa shape index (κ3) is 30.9. The Hall–Kier alpha value is -2.01. The molecule has 168 valence electrons. The van der Waals surface area contributed by atoms with Crippen LogP contribution in [0, 0.1) is 0 Å². The van der Waals surface area contributed by atoms with E-state index in [0.29, 0.717) is 17.3 Å². The third-order valence-electron chi connectivity index (χ3n) is 1.95. The molecule has 0 saturated heterocycles. The Labute approximate surface area is 166 Å². The van der Waals surface area contributed by atoms with Gasteiger partial charge in [0, 0.05) is 39.0 Å². The van der Waals surface area contributed by atoms with Crippen molar-refractivity contribution in [3.05, 3.63) is 35.5 Å². The van der Waals surface area contributed by atoms with Crippen molar-refractivity contribution in [2.75, 3.05) is 0 Å². The Bertz CT molecular complexity index is 736. The number of carbonyl (C=O) groups excluding carboxylic acids is 3. The molecule has 0 aliphatic carbocycles. The van der Waals surface area contributed by atoms with E-state index >= 15 is 0 Å². The van der Waals surface area contributed by atoms with E-state index in [1.54, 1.807) is 20.8 Å². The fourth-order valence-corrected chi connectivity index (χ4v) is 2.49. The topological polar surface area (TPSA) is 81.0 Å². The Morgan fingerprint density at radius 3 is 1.21 bits per heavy atom. The zero-order valence-electron chi connectivity index (χ0n) is 16.4. The first-order valence-electron chi connectivity index (χ1n) is 7.58. The predicted octanol–water partition coefficient (Wildman–Crippen LogP) is 4.59. The molecule has 0 aliphatic heterocycles. The van der Waals surface area contributed by atoms with Crippen LogP contribution < -0.4 is 0 Å². The summed E-state index contributed by atoms with van der Waals surface area (Å²) in [5.74, 6) is 0.454. The van der Waals surface area contributed by atoms with Gasteiger partial charge in [-0.05, 0) is 20.8 Å². The average molecular weight is 514 g/mol. The van der Waals surface area contributed by atoms with E-state index < -0.39 is 23.3 Å². The number of ketones is 3. The third-order valence-corrected chi connectivity index (χ3v) is 3.42. The molecule has 0 fully saturated rings. The summed E-state index contributed by atoms with van der Waals surface area (Å²) in [6, 6.07) is 0. The summed E-state index contributed by atoms with van der Waals surface area (Å²) in [5.41, 5.74) is 0. The summed E-state index contributed by atoms with van der Waals surface area (Å²) in [6.45, 7) is 8.95. The van der Waals surface area contributed by atoms with Crippen LogP contribution in [0.4, 0.5) is 20.8 Å². The first kappa shape index (κ1) is 29.2.